The molecule has 3 rings (SSSR count). The fourth-order valence-corrected chi connectivity index (χ4v) is 5.33. The van der Waals surface area contributed by atoms with Gasteiger partial charge in [-0.3, -0.25) is 23.7 Å². The molecule has 0 saturated carbocycles. The average Bonchev–Trinajstić information content (AvgIpc) is 2.73. The molecule has 0 aromatic carbocycles. The summed E-state index contributed by atoms with van der Waals surface area (Å²) < 4.78 is 12.2. The number of carbonyl (C=O) groups is 3. The van der Waals surface area contributed by atoms with Gasteiger partial charge >= 0.3 is 5.97 Å². The van der Waals surface area contributed by atoms with Gasteiger partial charge in [0.15, 0.2) is 0 Å². The third-order valence-corrected chi connectivity index (χ3v) is 7.03. The fourth-order valence-electron chi connectivity index (χ4n) is 2.96. The second-order valence-electron chi connectivity index (χ2n) is 6.08. The number of carboxylic acids is 1. The number of amides is 2. The third kappa shape index (κ3) is 4.42. The zero-order chi connectivity index (χ0) is 21.0. The van der Waals surface area contributed by atoms with Crippen LogP contribution >= 0.6 is 11.8 Å². The van der Waals surface area contributed by atoms with Crippen LogP contribution in [-0.2, 0) is 25.2 Å². The largest absolute Gasteiger partial charge is 0.477 e. The highest BCUT2D eigenvalue weighted by Gasteiger charge is 2.53. The van der Waals surface area contributed by atoms with Gasteiger partial charge in [-0.1, -0.05) is 5.11 Å². The summed E-state index contributed by atoms with van der Waals surface area (Å²) in [7, 11) is -1.37. The molecule has 0 bridgehead atoms. The standard InChI is InChI=1S/C16H16N6O5S2/c17-21-19-7-9-8-28-15-12(14(24)22(15)13(9)16(25)26)20-11(23)3-6-29(27)10-1-4-18-5-2-10/h1-2,4-5,12,15H,3,6-8H2,(H,20,23)(H,25,26)/t12?,15-,29?/m1/s1. The summed E-state index contributed by atoms with van der Waals surface area (Å²) in [6, 6.07) is 2.36. The van der Waals surface area contributed by atoms with Crippen molar-refractivity contribution in [1.82, 2.24) is 15.2 Å². The molecule has 2 unspecified atom stereocenters. The molecule has 0 radical (unpaired) electrons. The number of carbonyl (C=O) groups excluding carboxylic acids is 2. The fraction of sp³-hybridized carbons (Fsp3) is 0.375. The van der Waals surface area contributed by atoms with Crippen LogP contribution in [0.3, 0.4) is 0 Å². The number of β-lactam (4-membered cyclic amide) rings is 1. The van der Waals surface area contributed by atoms with Crippen molar-refractivity contribution in [2.24, 2.45) is 5.11 Å². The first kappa shape index (κ1) is 20.8. The molecule has 13 heteroatoms. The SMILES string of the molecule is [N-]=[N+]=NCC1=C(C(=O)O)N2C(=O)C(NC(=O)CCS(=O)c3ccncc3)[C@H]2SC1. The van der Waals surface area contributed by atoms with E-state index in [2.05, 4.69) is 20.3 Å². The summed E-state index contributed by atoms with van der Waals surface area (Å²) in [6.45, 7) is -0.139. The van der Waals surface area contributed by atoms with E-state index in [1.165, 1.54) is 24.2 Å². The molecule has 152 valence electrons. The minimum Gasteiger partial charge on any atom is -0.477 e. The summed E-state index contributed by atoms with van der Waals surface area (Å²) in [5, 5.41) is 14.9. The van der Waals surface area contributed by atoms with E-state index in [1.54, 1.807) is 12.1 Å². The van der Waals surface area contributed by atoms with E-state index in [-0.39, 0.29) is 30.2 Å². The summed E-state index contributed by atoms with van der Waals surface area (Å²) in [5.74, 6) is -1.90. The summed E-state index contributed by atoms with van der Waals surface area (Å²) >= 11 is 1.29. The second-order valence-corrected chi connectivity index (χ2v) is 8.76. The van der Waals surface area contributed by atoms with Gasteiger partial charge in [0.05, 0.1) is 17.3 Å². The number of fused-ring (bicyclic) bond motifs is 1. The number of hydrogen-bond donors (Lipinski definition) is 2. The monoisotopic (exact) mass is 436 g/mol. The predicted molar refractivity (Wildman–Crippen MR) is 104 cm³/mol. The van der Waals surface area contributed by atoms with E-state index >= 15 is 0 Å². The van der Waals surface area contributed by atoms with Crippen molar-refractivity contribution in [1.29, 1.82) is 0 Å². The molecule has 29 heavy (non-hydrogen) atoms. The van der Waals surface area contributed by atoms with Crippen LogP contribution in [0, 0.1) is 0 Å². The number of nitrogens with one attached hydrogen (secondary N) is 1. The predicted octanol–water partition coefficient (Wildman–Crippen LogP) is 0.628. The van der Waals surface area contributed by atoms with Gasteiger partial charge in [0.25, 0.3) is 5.91 Å². The maximum atomic E-state index is 12.5. The van der Waals surface area contributed by atoms with E-state index in [1.807, 2.05) is 0 Å². The van der Waals surface area contributed by atoms with Gasteiger partial charge in [0, 0.05) is 40.1 Å². The van der Waals surface area contributed by atoms with Crippen LogP contribution in [0.15, 0.2) is 45.8 Å². The highest BCUT2D eigenvalue weighted by molar-refractivity contribution is 8.00. The summed E-state index contributed by atoms with van der Waals surface area (Å²) in [4.78, 5) is 44.4. The molecule has 1 aromatic rings. The van der Waals surface area contributed by atoms with Crippen molar-refractivity contribution >= 4 is 40.3 Å². The van der Waals surface area contributed by atoms with Crippen LogP contribution in [0.4, 0.5) is 0 Å². The van der Waals surface area contributed by atoms with Gasteiger partial charge in [-0.15, -0.1) is 11.8 Å². The maximum absolute atomic E-state index is 12.5. The molecule has 3 atom stereocenters. The third-order valence-electron chi connectivity index (χ3n) is 4.32. The van der Waals surface area contributed by atoms with Crippen molar-refractivity contribution in [2.45, 2.75) is 22.7 Å². The molecule has 2 aliphatic heterocycles. The molecule has 2 amide bonds. The van der Waals surface area contributed by atoms with Crippen LogP contribution in [-0.4, -0.2) is 66.4 Å². The molecule has 1 fully saturated rings. The van der Waals surface area contributed by atoms with Gasteiger partial charge in [-0.2, -0.15) is 0 Å². The first-order valence-corrected chi connectivity index (χ1v) is 10.8. The van der Waals surface area contributed by atoms with E-state index in [9.17, 15) is 23.7 Å². The smallest absolute Gasteiger partial charge is 0.352 e. The molecule has 1 saturated heterocycles. The Labute approximate surface area is 171 Å². The molecular formula is C16H16N6O5S2. The zero-order valence-corrected chi connectivity index (χ0v) is 16.6. The summed E-state index contributed by atoms with van der Waals surface area (Å²) in [5.41, 5.74) is 8.59. The van der Waals surface area contributed by atoms with Crippen molar-refractivity contribution in [3.05, 3.63) is 46.2 Å². The van der Waals surface area contributed by atoms with E-state index in [0.717, 1.165) is 4.90 Å². The van der Waals surface area contributed by atoms with Crippen LogP contribution in [0.1, 0.15) is 6.42 Å². The van der Waals surface area contributed by atoms with Gasteiger partial charge in [0.2, 0.25) is 5.91 Å². The number of aromatic nitrogens is 1. The quantitative estimate of drug-likeness (QED) is 0.261. The zero-order valence-electron chi connectivity index (χ0n) is 14.9. The van der Waals surface area contributed by atoms with E-state index in [0.29, 0.717) is 10.5 Å². The van der Waals surface area contributed by atoms with Gasteiger partial charge in [-0.25, -0.2) is 4.79 Å². The average molecular weight is 436 g/mol. The van der Waals surface area contributed by atoms with Gasteiger partial charge < -0.3 is 10.4 Å². The van der Waals surface area contributed by atoms with Crippen molar-refractivity contribution < 1.29 is 23.7 Å². The minimum absolute atomic E-state index is 0.0418. The first-order valence-electron chi connectivity index (χ1n) is 8.42. The lowest BCUT2D eigenvalue weighted by atomic mass is 10.0. The van der Waals surface area contributed by atoms with Gasteiger partial charge in [-0.05, 0) is 23.2 Å². The number of thioether (sulfide) groups is 1. The highest BCUT2D eigenvalue weighted by atomic mass is 32.2. The van der Waals surface area contributed by atoms with Crippen LogP contribution in [0.25, 0.3) is 10.4 Å². The van der Waals surface area contributed by atoms with Crippen LogP contribution in [0.2, 0.25) is 0 Å². The lowest BCUT2D eigenvalue weighted by molar-refractivity contribution is -0.150. The number of aliphatic carboxylic acids is 1. The Morgan fingerprint density at radius 2 is 2.17 bits per heavy atom. The number of nitrogens with zero attached hydrogens (tertiary/aromatic N) is 5. The Hall–Kier alpha value is -2.89. The van der Waals surface area contributed by atoms with Crippen LogP contribution in [0.5, 0.6) is 0 Å². The molecule has 0 aliphatic carbocycles. The van der Waals surface area contributed by atoms with Crippen molar-refractivity contribution in [2.75, 3.05) is 18.1 Å². The van der Waals surface area contributed by atoms with Crippen LogP contribution < -0.4 is 5.32 Å². The lowest BCUT2D eigenvalue weighted by Crippen LogP contribution is -2.70. The van der Waals surface area contributed by atoms with E-state index < -0.39 is 40.0 Å². The Balaban J connectivity index is 1.60. The Kier molecular flexibility index (Phi) is 6.52. The number of pyridine rings is 1. The van der Waals surface area contributed by atoms with Crippen molar-refractivity contribution in [3.8, 4) is 0 Å². The number of hydrogen-bond acceptors (Lipinski definition) is 7. The van der Waals surface area contributed by atoms with Gasteiger partial charge in [0.1, 0.15) is 17.1 Å². The molecule has 0 spiro atoms. The molecule has 2 N–H and O–H groups in total. The Morgan fingerprint density at radius 1 is 1.45 bits per heavy atom. The lowest BCUT2D eigenvalue weighted by Gasteiger charge is -2.49. The summed E-state index contributed by atoms with van der Waals surface area (Å²) in [6.07, 6.45) is 2.98. The molecular weight excluding hydrogens is 420 g/mol. The van der Waals surface area contributed by atoms with Crippen molar-refractivity contribution in [3.63, 3.8) is 0 Å². The first-order chi connectivity index (χ1) is 13.9. The Bertz CT molecular complexity index is 946. The second kappa shape index (κ2) is 9.07. The topological polar surface area (TPSA) is 165 Å². The minimum atomic E-state index is -1.37. The number of rotatable bonds is 8. The molecule has 11 nitrogen and oxygen atoms in total. The normalized spacial score (nSPS) is 21.5. The Morgan fingerprint density at radius 3 is 2.83 bits per heavy atom. The number of carboxylic acid groups (broad SMARTS) is 1. The highest BCUT2D eigenvalue weighted by Crippen LogP contribution is 2.40. The number of azide groups is 1. The molecule has 3 heterocycles. The maximum Gasteiger partial charge on any atom is 0.352 e. The molecule has 2 aliphatic rings. The molecule has 1 aromatic heterocycles. The van der Waals surface area contributed by atoms with E-state index in [4.69, 9.17) is 5.53 Å².